The predicted octanol–water partition coefficient (Wildman–Crippen LogP) is 7.77. The van der Waals surface area contributed by atoms with Crippen molar-refractivity contribution in [3.05, 3.63) is 0 Å². The molecule has 0 amide bonds. The first-order valence-corrected chi connectivity index (χ1v) is 14.2. The first-order valence-electron chi connectivity index (χ1n) is 14.2. The van der Waals surface area contributed by atoms with Gasteiger partial charge in [0.1, 0.15) is 5.78 Å². The lowest BCUT2D eigenvalue weighted by Gasteiger charge is -2.33. The maximum Gasteiger partial charge on any atom is 0.136 e. The van der Waals surface area contributed by atoms with Crippen molar-refractivity contribution in [3.63, 3.8) is 0 Å². The monoisotopic (exact) mass is 468 g/mol. The van der Waals surface area contributed by atoms with Crippen LogP contribution in [0.4, 0.5) is 0 Å². The van der Waals surface area contributed by atoms with Crippen molar-refractivity contribution in [2.75, 3.05) is 0 Å². The number of carbonyl (C=O) groups is 1. The Balaban J connectivity index is 0.000000473. The molecule has 198 valence electrons. The van der Waals surface area contributed by atoms with E-state index in [-0.39, 0.29) is 13.6 Å². The fourth-order valence-corrected chi connectivity index (χ4v) is 6.23. The van der Waals surface area contributed by atoms with Gasteiger partial charge in [-0.05, 0) is 85.9 Å². The molecular formula is C30H60O3. The molecule has 3 aliphatic rings. The number of hydrogen-bond acceptors (Lipinski definition) is 3. The van der Waals surface area contributed by atoms with Crippen molar-refractivity contribution >= 4 is 5.78 Å². The maximum atomic E-state index is 11.4. The third-order valence-electron chi connectivity index (χ3n) is 8.71. The van der Waals surface area contributed by atoms with Crippen LogP contribution in [0.2, 0.25) is 0 Å². The first-order chi connectivity index (χ1) is 15.3. The van der Waals surface area contributed by atoms with Crippen LogP contribution in [0.25, 0.3) is 0 Å². The zero-order chi connectivity index (χ0) is 25.3. The largest absolute Gasteiger partial charge is 0.393 e. The van der Waals surface area contributed by atoms with Crippen LogP contribution in [0.3, 0.4) is 0 Å². The summed E-state index contributed by atoms with van der Waals surface area (Å²) in [4.78, 5) is 11.4. The highest BCUT2D eigenvalue weighted by Gasteiger charge is 2.30. The predicted molar refractivity (Wildman–Crippen MR) is 143 cm³/mol. The van der Waals surface area contributed by atoms with Crippen LogP contribution >= 0.6 is 0 Å². The summed E-state index contributed by atoms with van der Waals surface area (Å²) in [6, 6.07) is 0. The Morgan fingerprint density at radius 3 is 1.33 bits per heavy atom. The first kappa shape index (κ1) is 30.6. The van der Waals surface area contributed by atoms with E-state index in [0.29, 0.717) is 47.2 Å². The van der Waals surface area contributed by atoms with Crippen LogP contribution in [0.5, 0.6) is 0 Å². The molecule has 2 N–H and O–H groups in total. The molecule has 0 bridgehead atoms. The molecule has 3 heteroatoms. The molecule has 3 aliphatic carbocycles. The van der Waals surface area contributed by atoms with E-state index in [2.05, 4.69) is 62.3 Å². The fourth-order valence-electron chi connectivity index (χ4n) is 6.23. The average Bonchev–Trinajstić information content (AvgIpc) is 2.68. The Bertz CT molecular complexity index is 517. The van der Waals surface area contributed by atoms with E-state index in [4.69, 9.17) is 0 Å². The molecule has 0 heterocycles. The standard InChI is InChI=1S/2C10H20O.C10H18O.H2/c3*1-7(2)9-5-4-8(3)6-10(9)11;/h2*7-11H,4-6H2,1-3H3;7-9H,4-6H2,1-3H3;1H/t8-,9+,10+;8-,9+,10-;8-,9+;/m111./s1. The molecule has 0 aromatic rings. The molecule has 3 rings (SSSR count). The van der Waals surface area contributed by atoms with Gasteiger partial charge in [-0.1, -0.05) is 75.2 Å². The highest BCUT2D eigenvalue weighted by atomic mass is 16.3. The van der Waals surface area contributed by atoms with Gasteiger partial charge in [-0.25, -0.2) is 0 Å². The number of aliphatic hydroxyl groups excluding tert-OH is 2. The van der Waals surface area contributed by atoms with Gasteiger partial charge >= 0.3 is 0 Å². The van der Waals surface area contributed by atoms with E-state index in [9.17, 15) is 15.0 Å². The third-order valence-corrected chi connectivity index (χ3v) is 8.71. The van der Waals surface area contributed by atoms with Crippen LogP contribution in [0.1, 0.15) is 122 Å². The quantitative estimate of drug-likeness (QED) is 0.444. The lowest BCUT2D eigenvalue weighted by molar-refractivity contribution is -0.127. The molecule has 0 aromatic heterocycles. The van der Waals surface area contributed by atoms with Crippen LogP contribution < -0.4 is 0 Å². The zero-order valence-electron chi connectivity index (χ0n) is 23.5. The number of carbonyl (C=O) groups excluding carboxylic acids is 1. The Morgan fingerprint density at radius 2 is 1.03 bits per heavy atom. The van der Waals surface area contributed by atoms with Gasteiger partial charge in [-0.2, -0.15) is 0 Å². The molecule has 33 heavy (non-hydrogen) atoms. The van der Waals surface area contributed by atoms with Gasteiger partial charge in [0.25, 0.3) is 0 Å². The highest BCUT2D eigenvalue weighted by Crippen LogP contribution is 2.34. The van der Waals surface area contributed by atoms with E-state index in [0.717, 1.165) is 37.5 Å². The van der Waals surface area contributed by atoms with Crippen molar-refractivity contribution in [2.45, 2.75) is 132 Å². The number of aliphatic hydroxyl groups is 2. The van der Waals surface area contributed by atoms with Gasteiger partial charge < -0.3 is 10.2 Å². The van der Waals surface area contributed by atoms with E-state index in [1.54, 1.807) is 0 Å². The summed E-state index contributed by atoms with van der Waals surface area (Å²) in [6.07, 6.45) is 10.2. The molecule has 8 atom stereocenters. The second kappa shape index (κ2) is 14.9. The molecule has 0 saturated heterocycles. The Morgan fingerprint density at radius 1 is 0.636 bits per heavy atom. The lowest BCUT2D eigenvalue weighted by Crippen LogP contribution is -2.31. The summed E-state index contributed by atoms with van der Waals surface area (Å²) in [5.74, 6) is 5.95. The topological polar surface area (TPSA) is 57.5 Å². The minimum absolute atomic E-state index is 0. The third kappa shape index (κ3) is 10.8. The van der Waals surface area contributed by atoms with Gasteiger partial charge in [-0.15, -0.1) is 0 Å². The molecule has 0 unspecified atom stereocenters. The smallest absolute Gasteiger partial charge is 0.136 e. The zero-order valence-corrected chi connectivity index (χ0v) is 23.5. The molecular weight excluding hydrogens is 408 g/mol. The molecule has 0 radical (unpaired) electrons. The Hall–Kier alpha value is -0.410. The molecule has 0 aliphatic heterocycles. The van der Waals surface area contributed by atoms with Crippen LogP contribution in [-0.2, 0) is 4.79 Å². The summed E-state index contributed by atoms with van der Waals surface area (Å²) in [5, 5.41) is 19.4. The van der Waals surface area contributed by atoms with Crippen molar-refractivity contribution in [3.8, 4) is 0 Å². The van der Waals surface area contributed by atoms with Crippen molar-refractivity contribution in [2.24, 2.45) is 53.3 Å². The summed E-state index contributed by atoms with van der Waals surface area (Å²) in [7, 11) is 0. The van der Waals surface area contributed by atoms with Crippen molar-refractivity contribution < 1.29 is 16.4 Å². The number of rotatable bonds is 3. The highest BCUT2D eigenvalue weighted by molar-refractivity contribution is 5.82. The molecule has 0 aromatic carbocycles. The Kier molecular flexibility index (Phi) is 13.8. The maximum absolute atomic E-state index is 11.4. The second-order valence-corrected chi connectivity index (χ2v) is 13.0. The second-order valence-electron chi connectivity index (χ2n) is 13.0. The summed E-state index contributed by atoms with van der Waals surface area (Å²) >= 11 is 0. The van der Waals surface area contributed by atoms with Crippen LogP contribution in [-0.4, -0.2) is 28.2 Å². The molecule has 0 spiro atoms. The van der Waals surface area contributed by atoms with E-state index >= 15 is 0 Å². The Labute approximate surface area is 208 Å². The van der Waals surface area contributed by atoms with E-state index in [1.165, 1.54) is 32.1 Å². The van der Waals surface area contributed by atoms with Gasteiger partial charge in [0.05, 0.1) is 12.2 Å². The van der Waals surface area contributed by atoms with Gasteiger partial charge in [0, 0.05) is 13.8 Å². The molecule has 3 fully saturated rings. The van der Waals surface area contributed by atoms with E-state index in [1.807, 2.05) is 0 Å². The minimum Gasteiger partial charge on any atom is -0.393 e. The van der Waals surface area contributed by atoms with Crippen LogP contribution in [0, 0.1) is 53.3 Å². The molecule has 3 saturated carbocycles. The number of Topliss-reactive ketones (excluding diaryl/α,β-unsaturated/α-hetero) is 1. The number of ketones is 1. The normalized spacial score (nSPS) is 37.3. The van der Waals surface area contributed by atoms with E-state index < -0.39 is 0 Å². The fraction of sp³-hybridized carbons (Fsp3) is 0.967. The minimum atomic E-state index is -0.0289. The van der Waals surface area contributed by atoms with Crippen LogP contribution in [0.15, 0.2) is 0 Å². The van der Waals surface area contributed by atoms with Gasteiger partial charge in [0.15, 0.2) is 0 Å². The SMILES string of the molecule is CC(C)[C@@H]1CC[C@@H](C)CC1=O.CC(C)[C@@H]1CC[C@@H](C)C[C@@H]1O.CC(C)[C@@H]1CC[C@@H](C)C[C@H]1O.[HH]. The van der Waals surface area contributed by atoms with Gasteiger partial charge in [0.2, 0.25) is 0 Å². The summed E-state index contributed by atoms with van der Waals surface area (Å²) in [5.41, 5.74) is 0. The van der Waals surface area contributed by atoms with Crippen molar-refractivity contribution in [1.29, 1.82) is 0 Å². The lowest BCUT2D eigenvalue weighted by atomic mass is 9.75. The summed E-state index contributed by atoms with van der Waals surface area (Å²) in [6.45, 7) is 19.8. The summed E-state index contributed by atoms with van der Waals surface area (Å²) < 4.78 is 0. The van der Waals surface area contributed by atoms with Crippen molar-refractivity contribution in [1.82, 2.24) is 0 Å². The molecule has 3 nitrogen and oxygen atoms in total. The average molecular weight is 469 g/mol. The number of hydrogen-bond donors (Lipinski definition) is 2. The van der Waals surface area contributed by atoms with Gasteiger partial charge in [-0.3, -0.25) is 4.79 Å².